The molecule has 6 nitrogen and oxygen atoms in total. The van der Waals surface area contributed by atoms with Crippen LogP contribution in [0.1, 0.15) is 33.4 Å². The Morgan fingerprint density at radius 2 is 0.868 bits per heavy atom. The molecule has 1 spiro atoms. The van der Waals surface area contributed by atoms with Crippen molar-refractivity contribution in [3.63, 3.8) is 0 Å². The Hall–Kier alpha value is -4.97. The third-order valence-electron chi connectivity index (χ3n) is 11.4. The summed E-state index contributed by atoms with van der Waals surface area (Å²) < 4.78 is 22.7. The van der Waals surface area contributed by atoms with E-state index in [-0.39, 0.29) is 12.1 Å². The fourth-order valence-corrected chi connectivity index (χ4v) is 12.8. The number of rotatable bonds is 10. The van der Waals surface area contributed by atoms with Crippen molar-refractivity contribution in [1.82, 2.24) is 14.4 Å². The standard InChI is InChI=1S/C46H47N4O2P/c1-49-43(33-35-25-29-41(51-3)30-26-35)45(37-17-9-5-10-18-37,38-19-11-6-12-20-38)47-53(49)48-46(39-21-13-7-14-22-39,40-23-15-8-16-24-40)44(50(53)2)34-36-27-31-42(52-4)32-28-36/h5-32,43-44,47H,33-34H2,1-4H3/t43-,44-,53?/m0/s1. The van der Waals surface area contributed by atoms with Crippen molar-refractivity contribution in [2.75, 3.05) is 28.3 Å². The summed E-state index contributed by atoms with van der Waals surface area (Å²) in [5, 5.41) is 4.48. The molecular weight excluding hydrogens is 672 g/mol. The maximum Gasteiger partial charge on any atom is 0.167 e. The van der Waals surface area contributed by atoms with Crippen molar-refractivity contribution in [2.45, 2.75) is 36.0 Å². The van der Waals surface area contributed by atoms with Crippen LogP contribution in [0.5, 0.6) is 11.5 Å². The van der Waals surface area contributed by atoms with E-state index in [4.69, 9.17) is 14.2 Å². The normalized spacial score (nSPS) is 22.0. The van der Waals surface area contributed by atoms with E-state index in [9.17, 15) is 0 Å². The molecule has 6 aromatic rings. The quantitative estimate of drug-likeness (QED) is 0.143. The van der Waals surface area contributed by atoms with Crippen molar-refractivity contribution in [1.29, 1.82) is 0 Å². The smallest absolute Gasteiger partial charge is 0.167 e. The summed E-state index contributed by atoms with van der Waals surface area (Å²) in [6.45, 7) is 0. The summed E-state index contributed by atoms with van der Waals surface area (Å²) in [6, 6.07) is 60.9. The van der Waals surface area contributed by atoms with Crippen LogP contribution in [0.3, 0.4) is 0 Å². The van der Waals surface area contributed by atoms with Crippen molar-refractivity contribution >= 4 is 7.51 Å². The van der Waals surface area contributed by atoms with Gasteiger partial charge < -0.3 is 9.47 Å². The molecule has 0 aliphatic carbocycles. The molecule has 1 N–H and O–H groups in total. The van der Waals surface area contributed by atoms with Crippen LogP contribution in [0.2, 0.25) is 0 Å². The van der Waals surface area contributed by atoms with Gasteiger partial charge in [0.15, 0.2) is 7.51 Å². The lowest BCUT2D eigenvalue weighted by Gasteiger charge is -2.38. The number of nitrogens with one attached hydrogen (secondary N) is 1. The zero-order valence-electron chi connectivity index (χ0n) is 30.8. The van der Waals surface area contributed by atoms with Crippen LogP contribution in [0.4, 0.5) is 0 Å². The number of likely N-dealkylation sites (N-methyl/N-ethyl adjacent to an activating group) is 2. The van der Waals surface area contributed by atoms with Gasteiger partial charge in [-0.25, -0.2) is 19.2 Å². The molecule has 53 heavy (non-hydrogen) atoms. The van der Waals surface area contributed by atoms with Gasteiger partial charge in [0.25, 0.3) is 0 Å². The van der Waals surface area contributed by atoms with E-state index in [1.54, 1.807) is 14.2 Å². The molecule has 6 aromatic carbocycles. The van der Waals surface area contributed by atoms with Gasteiger partial charge in [-0.3, -0.25) is 0 Å². The Morgan fingerprint density at radius 3 is 1.26 bits per heavy atom. The Labute approximate surface area is 314 Å². The van der Waals surface area contributed by atoms with Crippen LogP contribution >= 0.6 is 7.51 Å². The molecule has 1 saturated heterocycles. The molecule has 1 fully saturated rings. The average Bonchev–Trinajstić information content (AvgIpc) is 3.63. The summed E-state index contributed by atoms with van der Waals surface area (Å²) in [4.78, 5) is 0. The van der Waals surface area contributed by atoms with Crippen LogP contribution < -0.4 is 14.6 Å². The van der Waals surface area contributed by atoms with Gasteiger partial charge in [0.05, 0.1) is 25.8 Å². The van der Waals surface area contributed by atoms with Crippen LogP contribution in [0.25, 0.3) is 0 Å². The second-order valence-electron chi connectivity index (χ2n) is 14.1. The maximum absolute atomic E-state index is 6.34. The highest BCUT2D eigenvalue weighted by atomic mass is 31.2. The zero-order valence-corrected chi connectivity index (χ0v) is 31.7. The number of methoxy groups -OCH3 is 2. The van der Waals surface area contributed by atoms with Crippen molar-refractivity contribution in [2.24, 2.45) is 4.74 Å². The highest BCUT2D eigenvalue weighted by Crippen LogP contribution is 2.72. The number of hydrogen-bond donors (Lipinski definition) is 1. The monoisotopic (exact) mass is 718 g/mol. The van der Waals surface area contributed by atoms with Gasteiger partial charge in [-0.1, -0.05) is 146 Å². The highest BCUT2D eigenvalue weighted by Gasteiger charge is 2.64. The molecule has 0 amide bonds. The summed E-state index contributed by atoms with van der Waals surface area (Å²) in [6.07, 6.45) is 1.59. The molecule has 2 aliphatic rings. The molecule has 0 aromatic heterocycles. The lowest BCUT2D eigenvalue weighted by Crippen LogP contribution is -2.48. The third kappa shape index (κ3) is 5.91. The highest BCUT2D eigenvalue weighted by molar-refractivity contribution is 7.60. The predicted molar refractivity (Wildman–Crippen MR) is 216 cm³/mol. The molecule has 7 heteroatoms. The minimum Gasteiger partial charge on any atom is -0.497 e. The third-order valence-corrected chi connectivity index (χ3v) is 15.0. The van der Waals surface area contributed by atoms with Gasteiger partial charge in [0, 0.05) is 6.04 Å². The van der Waals surface area contributed by atoms with E-state index >= 15 is 0 Å². The first kappa shape index (κ1) is 35.1. The van der Waals surface area contributed by atoms with E-state index in [0.29, 0.717) is 0 Å². The summed E-state index contributed by atoms with van der Waals surface area (Å²) in [5.74, 6) is 1.71. The summed E-state index contributed by atoms with van der Waals surface area (Å²) >= 11 is 0. The Bertz CT molecular complexity index is 2100. The molecule has 0 saturated carbocycles. The van der Waals surface area contributed by atoms with E-state index < -0.39 is 18.6 Å². The maximum atomic E-state index is 6.34. The summed E-state index contributed by atoms with van der Waals surface area (Å²) in [5.41, 5.74) is 6.04. The zero-order chi connectivity index (χ0) is 36.5. The van der Waals surface area contributed by atoms with E-state index in [1.165, 1.54) is 33.4 Å². The Balaban J connectivity index is 1.40. The van der Waals surface area contributed by atoms with E-state index in [1.807, 2.05) is 0 Å². The largest absolute Gasteiger partial charge is 0.497 e. The van der Waals surface area contributed by atoms with Crippen LogP contribution in [0.15, 0.2) is 175 Å². The van der Waals surface area contributed by atoms with Gasteiger partial charge >= 0.3 is 0 Å². The molecule has 0 bridgehead atoms. The lowest BCUT2D eigenvalue weighted by molar-refractivity contribution is 0.280. The van der Waals surface area contributed by atoms with Crippen LogP contribution in [0, 0.1) is 0 Å². The molecule has 2 heterocycles. The molecule has 3 atom stereocenters. The minimum absolute atomic E-state index is 0.00390. The summed E-state index contributed by atoms with van der Waals surface area (Å²) in [7, 11) is 5.34. The SMILES string of the molecule is COc1ccc(C[C@@H]2N(C)P3(=NC2(c2ccccc2)c2ccccc2)NC(c2ccccc2)(c2ccccc2)[C@H](Cc2ccc(OC)cc2)N3C)cc1. The molecule has 0 radical (unpaired) electrons. The van der Waals surface area contributed by atoms with Gasteiger partial charge in [0.1, 0.15) is 17.0 Å². The minimum atomic E-state index is -2.71. The van der Waals surface area contributed by atoms with Crippen molar-refractivity contribution in [3.8, 4) is 11.5 Å². The molecular formula is C46H47N4O2P. The first-order valence-electron chi connectivity index (χ1n) is 18.3. The second-order valence-corrected chi connectivity index (χ2v) is 16.9. The molecule has 8 rings (SSSR count). The lowest BCUT2D eigenvalue weighted by atomic mass is 9.75. The fourth-order valence-electron chi connectivity index (χ4n) is 8.75. The first-order chi connectivity index (χ1) is 25.9. The number of nitrogens with zero attached hydrogens (tertiary/aromatic N) is 3. The molecule has 1 unspecified atom stereocenters. The van der Waals surface area contributed by atoms with Crippen molar-refractivity contribution in [3.05, 3.63) is 203 Å². The van der Waals surface area contributed by atoms with Gasteiger partial charge in [-0.2, -0.15) is 0 Å². The fraction of sp³-hybridized carbons (Fsp3) is 0.217. The van der Waals surface area contributed by atoms with Crippen LogP contribution in [-0.2, 0) is 23.9 Å². The van der Waals surface area contributed by atoms with Gasteiger partial charge in [-0.05, 0) is 84.6 Å². The first-order valence-corrected chi connectivity index (χ1v) is 20.0. The van der Waals surface area contributed by atoms with Gasteiger partial charge in [-0.15, -0.1) is 0 Å². The predicted octanol–water partition coefficient (Wildman–Crippen LogP) is 9.54. The van der Waals surface area contributed by atoms with Crippen molar-refractivity contribution < 1.29 is 9.47 Å². The average molecular weight is 719 g/mol. The van der Waals surface area contributed by atoms with Crippen LogP contribution in [-0.4, -0.2) is 49.7 Å². The van der Waals surface area contributed by atoms with Gasteiger partial charge in [0.2, 0.25) is 0 Å². The molecule has 268 valence electrons. The number of hydrogen-bond acceptors (Lipinski definition) is 6. The number of benzene rings is 6. The van der Waals surface area contributed by atoms with E-state index in [0.717, 1.165) is 24.3 Å². The Morgan fingerprint density at radius 1 is 0.509 bits per heavy atom. The number of ether oxygens (including phenoxy) is 2. The Kier molecular flexibility index (Phi) is 9.57. The molecule has 2 aliphatic heterocycles. The second kappa shape index (κ2) is 14.5. The van der Waals surface area contributed by atoms with E-state index in [2.05, 4.69) is 198 Å². The topological polar surface area (TPSA) is 49.3 Å².